The molecule has 1 aromatic heterocycles. The fraction of sp³-hybridized carbons (Fsp3) is 0.194. The first-order valence-corrected chi connectivity index (χ1v) is 15.6. The van der Waals surface area contributed by atoms with E-state index in [0.717, 1.165) is 16.2 Å². The molecule has 2 aliphatic heterocycles. The van der Waals surface area contributed by atoms with Crippen molar-refractivity contribution in [1.29, 1.82) is 0 Å². The zero-order valence-corrected chi connectivity index (χ0v) is 25.5. The Morgan fingerprint density at radius 1 is 1.00 bits per heavy atom. The predicted octanol–water partition coefficient (Wildman–Crippen LogP) is 5.08. The Balaban J connectivity index is 1.26. The number of H-pyrrole nitrogens is 1. The van der Waals surface area contributed by atoms with Crippen LogP contribution in [0.15, 0.2) is 82.6 Å². The number of hydrogen-bond donors (Lipinski definition) is 2. The molecule has 4 aromatic rings. The van der Waals surface area contributed by atoms with Crippen molar-refractivity contribution >= 4 is 69.8 Å². The summed E-state index contributed by atoms with van der Waals surface area (Å²) in [7, 11) is 0. The quantitative estimate of drug-likeness (QED) is 0.199. The van der Waals surface area contributed by atoms with Gasteiger partial charge in [-0.1, -0.05) is 46.8 Å². The van der Waals surface area contributed by atoms with Crippen molar-refractivity contribution in [2.45, 2.75) is 23.1 Å². The average molecular weight is 650 g/mol. The molecule has 0 radical (unpaired) electrons. The molecule has 0 saturated carbocycles. The van der Waals surface area contributed by atoms with Crippen molar-refractivity contribution in [1.82, 2.24) is 4.98 Å². The largest absolute Gasteiger partial charge is 0.484 e. The second-order valence-electron chi connectivity index (χ2n) is 9.95. The summed E-state index contributed by atoms with van der Waals surface area (Å²) in [5, 5.41) is 3.04. The smallest absolute Gasteiger partial charge is 0.338 e. The molecule has 6 rings (SSSR count). The number of thiazole rings is 1. The first kappa shape index (κ1) is 29.7. The maximum Gasteiger partial charge on any atom is 0.338 e. The van der Waals surface area contributed by atoms with Gasteiger partial charge in [-0.05, 0) is 73.2 Å². The summed E-state index contributed by atoms with van der Waals surface area (Å²) in [5.41, 5.74) is 1.87. The van der Waals surface area contributed by atoms with Crippen LogP contribution >= 0.6 is 34.7 Å². The Bertz CT molecular complexity index is 1820. The second-order valence-corrected chi connectivity index (χ2v) is 12.5. The molecule has 1 fully saturated rings. The molecule has 0 aliphatic carbocycles. The number of nitrogens with zero attached hydrogens (tertiary/aromatic N) is 1. The number of aromatic amines is 1. The zero-order valence-electron chi connectivity index (χ0n) is 23.1. The van der Waals surface area contributed by atoms with Crippen LogP contribution in [-0.4, -0.2) is 47.1 Å². The lowest BCUT2D eigenvalue weighted by Crippen LogP contribution is -2.32. The second kappa shape index (κ2) is 12.3. The highest BCUT2D eigenvalue weighted by atomic mass is 35.5. The van der Waals surface area contributed by atoms with Crippen LogP contribution < -0.4 is 19.8 Å². The van der Waals surface area contributed by atoms with Crippen LogP contribution in [0.5, 0.6) is 5.75 Å². The minimum atomic E-state index is -0.806. The Labute approximate surface area is 264 Å². The summed E-state index contributed by atoms with van der Waals surface area (Å²) in [5.74, 6) is -2.74. The number of carbonyl (C=O) groups is 4. The van der Waals surface area contributed by atoms with Gasteiger partial charge in [0, 0.05) is 21.5 Å². The molecule has 2 aliphatic rings. The number of imide groups is 1. The molecule has 10 nitrogen and oxygen atoms in total. The number of esters is 1. The molecule has 13 heteroatoms. The van der Waals surface area contributed by atoms with Gasteiger partial charge in [0.1, 0.15) is 11.0 Å². The molecule has 2 unspecified atom stereocenters. The van der Waals surface area contributed by atoms with Gasteiger partial charge in [0.25, 0.3) is 5.91 Å². The van der Waals surface area contributed by atoms with E-state index in [-0.39, 0.29) is 24.0 Å². The Hall–Kier alpha value is -4.39. The van der Waals surface area contributed by atoms with Crippen LogP contribution in [0.4, 0.5) is 11.4 Å². The molecule has 3 aromatic carbocycles. The van der Waals surface area contributed by atoms with Crippen LogP contribution in [0.1, 0.15) is 33.6 Å². The van der Waals surface area contributed by atoms with Gasteiger partial charge >= 0.3 is 10.8 Å². The van der Waals surface area contributed by atoms with E-state index < -0.39 is 34.9 Å². The Morgan fingerprint density at radius 2 is 1.75 bits per heavy atom. The number of ether oxygens (including phenoxy) is 2. The lowest BCUT2D eigenvalue weighted by molar-refractivity contribution is -0.122. The summed E-state index contributed by atoms with van der Waals surface area (Å²) >= 11 is 8.07. The highest BCUT2D eigenvalue weighted by Gasteiger charge is 2.56. The molecule has 224 valence electrons. The van der Waals surface area contributed by atoms with Crippen LogP contribution in [0.25, 0.3) is 0 Å². The molecular formula is C31H24ClN3O7S2. The van der Waals surface area contributed by atoms with Gasteiger partial charge in [0.15, 0.2) is 6.61 Å². The number of aromatic nitrogens is 1. The number of nitrogens with one attached hydrogen (secondary N) is 2. The highest BCUT2D eigenvalue weighted by molar-refractivity contribution is 8.00. The van der Waals surface area contributed by atoms with E-state index >= 15 is 0 Å². The minimum absolute atomic E-state index is 0.223. The number of carbonyl (C=O) groups excluding carboxylic acids is 4. The molecule has 1 saturated heterocycles. The molecule has 3 atom stereocenters. The van der Waals surface area contributed by atoms with Crippen LogP contribution in [0.3, 0.4) is 0 Å². The first-order valence-electron chi connectivity index (χ1n) is 13.6. The van der Waals surface area contributed by atoms with E-state index in [1.165, 1.54) is 23.9 Å². The molecule has 3 amide bonds. The molecule has 0 bridgehead atoms. The standard InChI is InChI=1S/C31H24ClN3O7S2/c1-2-41-30(39)16-6-12-20(13-7-16)35-28(37)24-23(25-27(34-31(40)44-25)43-26(24)29(35)38)17-4-3-5-21(14-17)42-15-22(36)33-19-10-8-18(32)9-11-19/h3-14,23-24,26H,2,15H2,1H3,(H,33,36)(H,34,40)/t23-,24?,26?/m1/s1. The summed E-state index contributed by atoms with van der Waals surface area (Å²) < 4.78 is 10.8. The first-order chi connectivity index (χ1) is 21.2. The number of benzene rings is 3. The molecule has 44 heavy (non-hydrogen) atoms. The lowest BCUT2D eigenvalue weighted by Gasteiger charge is -2.30. The van der Waals surface area contributed by atoms with Gasteiger partial charge in [-0.3, -0.25) is 19.2 Å². The third-order valence-corrected chi connectivity index (χ3v) is 9.83. The molecule has 0 spiro atoms. The highest BCUT2D eigenvalue weighted by Crippen LogP contribution is 2.53. The van der Waals surface area contributed by atoms with Crippen molar-refractivity contribution in [3.05, 3.63) is 103 Å². The van der Waals surface area contributed by atoms with Crippen molar-refractivity contribution in [2.24, 2.45) is 5.92 Å². The topological polar surface area (TPSA) is 135 Å². The fourth-order valence-electron chi connectivity index (χ4n) is 5.27. The van der Waals surface area contributed by atoms with E-state index in [2.05, 4.69) is 10.3 Å². The number of halogens is 1. The number of hydrogen-bond acceptors (Lipinski definition) is 9. The van der Waals surface area contributed by atoms with E-state index in [1.807, 2.05) is 0 Å². The SMILES string of the molecule is CCOC(=O)c1ccc(N2C(=O)C3Sc4[nH]c(=O)sc4[C@H](c4cccc(OCC(=O)Nc5ccc(Cl)cc5)c4)C3C2=O)cc1. The van der Waals surface area contributed by atoms with E-state index in [1.54, 1.807) is 67.6 Å². The van der Waals surface area contributed by atoms with Crippen molar-refractivity contribution in [3.63, 3.8) is 0 Å². The van der Waals surface area contributed by atoms with E-state index in [4.69, 9.17) is 21.1 Å². The van der Waals surface area contributed by atoms with Gasteiger partial charge in [0.2, 0.25) is 11.8 Å². The van der Waals surface area contributed by atoms with Crippen molar-refractivity contribution in [3.8, 4) is 5.75 Å². The molecule has 3 heterocycles. The zero-order chi connectivity index (χ0) is 31.0. The predicted molar refractivity (Wildman–Crippen MR) is 167 cm³/mol. The minimum Gasteiger partial charge on any atom is -0.484 e. The normalized spacial score (nSPS) is 18.9. The van der Waals surface area contributed by atoms with Gasteiger partial charge < -0.3 is 19.8 Å². The van der Waals surface area contributed by atoms with Crippen molar-refractivity contribution < 1.29 is 28.7 Å². The Kier molecular flexibility index (Phi) is 8.30. The maximum absolute atomic E-state index is 14.0. The fourth-order valence-corrected chi connectivity index (χ4v) is 7.91. The van der Waals surface area contributed by atoms with Crippen LogP contribution in [0.2, 0.25) is 5.02 Å². The number of anilines is 2. The van der Waals surface area contributed by atoms with E-state index in [0.29, 0.717) is 43.2 Å². The van der Waals surface area contributed by atoms with Crippen molar-refractivity contribution in [2.75, 3.05) is 23.4 Å². The molecular weight excluding hydrogens is 626 g/mol. The summed E-state index contributed by atoms with van der Waals surface area (Å²) in [6.07, 6.45) is 0. The third-order valence-electron chi connectivity index (χ3n) is 7.18. The van der Waals surface area contributed by atoms with Gasteiger partial charge in [-0.15, -0.1) is 0 Å². The van der Waals surface area contributed by atoms with Crippen LogP contribution in [-0.2, 0) is 19.1 Å². The van der Waals surface area contributed by atoms with Crippen LogP contribution in [0, 0.1) is 5.92 Å². The maximum atomic E-state index is 14.0. The number of amides is 3. The number of rotatable bonds is 8. The third kappa shape index (κ3) is 5.75. The number of thioether (sulfide) groups is 1. The number of fused-ring (bicyclic) bond motifs is 2. The average Bonchev–Trinajstić information content (AvgIpc) is 3.51. The lowest BCUT2D eigenvalue weighted by atomic mass is 9.83. The summed E-state index contributed by atoms with van der Waals surface area (Å²) in [4.78, 5) is 69.0. The summed E-state index contributed by atoms with van der Waals surface area (Å²) in [6.45, 7) is 1.66. The van der Waals surface area contributed by atoms with Gasteiger partial charge in [-0.2, -0.15) is 0 Å². The summed E-state index contributed by atoms with van der Waals surface area (Å²) in [6, 6.07) is 19.7. The van der Waals surface area contributed by atoms with Gasteiger partial charge in [0.05, 0.1) is 28.8 Å². The van der Waals surface area contributed by atoms with E-state index in [9.17, 15) is 24.0 Å². The monoisotopic (exact) mass is 649 g/mol. The Morgan fingerprint density at radius 3 is 2.48 bits per heavy atom. The van der Waals surface area contributed by atoms with Gasteiger partial charge in [-0.25, -0.2) is 9.69 Å². The molecule has 2 N–H and O–H groups in total.